The summed E-state index contributed by atoms with van der Waals surface area (Å²) in [5, 5.41) is 16.2. The van der Waals surface area contributed by atoms with Gasteiger partial charge in [-0.15, -0.1) is 0 Å². The van der Waals surface area contributed by atoms with E-state index < -0.39 is 34.6 Å². The van der Waals surface area contributed by atoms with Crippen LogP contribution < -0.4 is 10.6 Å². The maximum Gasteiger partial charge on any atom is 0.308 e. The van der Waals surface area contributed by atoms with Gasteiger partial charge >= 0.3 is 5.97 Å². The molecule has 3 aliphatic rings. The van der Waals surface area contributed by atoms with Crippen LogP contribution in [0.1, 0.15) is 78.4 Å². The third-order valence-electron chi connectivity index (χ3n) is 8.49. The fraction of sp³-hybridized carbons (Fsp3) is 0.750. The van der Waals surface area contributed by atoms with E-state index in [2.05, 4.69) is 10.6 Å². The SMILES string of the molecule is CC1(C)OCC(C)(C)C(C(=O)NCC(C(=O)O)[C@@H]2CCCC[C@@H]2NC(=O)C2(Cc3ccco3)CCC2)O1. The monoisotopic (exact) mass is 518 g/mol. The number of carboxylic acid groups (broad SMARTS) is 1. The van der Waals surface area contributed by atoms with Crippen LogP contribution in [0.2, 0.25) is 0 Å². The van der Waals surface area contributed by atoms with E-state index in [1.165, 1.54) is 0 Å². The molecule has 2 amide bonds. The molecule has 9 nitrogen and oxygen atoms in total. The van der Waals surface area contributed by atoms with Crippen LogP contribution in [0.5, 0.6) is 0 Å². The van der Waals surface area contributed by atoms with Crippen LogP contribution in [0, 0.1) is 22.7 Å². The van der Waals surface area contributed by atoms with Gasteiger partial charge in [0.2, 0.25) is 11.8 Å². The summed E-state index contributed by atoms with van der Waals surface area (Å²) in [5.74, 6) is -2.49. The van der Waals surface area contributed by atoms with Gasteiger partial charge < -0.3 is 29.6 Å². The Kier molecular flexibility index (Phi) is 8.04. The van der Waals surface area contributed by atoms with Crippen LogP contribution in [0.15, 0.2) is 22.8 Å². The molecule has 1 aromatic rings. The first-order valence-corrected chi connectivity index (χ1v) is 13.6. The van der Waals surface area contributed by atoms with Crippen molar-refractivity contribution < 1.29 is 33.4 Å². The van der Waals surface area contributed by atoms with E-state index >= 15 is 0 Å². The molecule has 2 aliphatic carbocycles. The Morgan fingerprint density at radius 1 is 1.11 bits per heavy atom. The molecule has 37 heavy (non-hydrogen) atoms. The van der Waals surface area contributed by atoms with Gasteiger partial charge in [-0.05, 0) is 57.6 Å². The highest BCUT2D eigenvalue weighted by molar-refractivity contribution is 5.84. The van der Waals surface area contributed by atoms with E-state index in [9.17, 15) is 19.5 Å². The van der Waals surface area contributed by atoms with Crippen molar-refractivity contribution >= 4 is 17.8 Å². The van der Waals surface area contributed by atoms with Crippen molar-refractivity contribution in [2.45, 2.75) is 97.0 Å². The second-order valence-corrected chi connectivity index (χ2v) is 12.3. The van der Waals surface area contributed by atoms with Crippen LogP contribution >= 0.6 is 0 Å². The maximum absolute atomic E-state index is 13.5. The first-order chi connectivity index (χ1) is 17.4. The molecule has 0 radical (unpaired) electrons. The molecule has 206 valence electrons. The first kappa shape index (κ1) is 27.6. The summed E-state index contributed by atoms with van der Waals surface area (Å²) in [5.41, 5.74) is -1.05. The lowest BCUT2D eigenvalue weighted by molar-refractivity contribution is -0.304. The molecule has 3 N–H and O–H groups in total. The zero-order valence-electron chi connectivity index (χ0n) is 22.5. The van der Waals surface area contributed by atoms with Crippen molar-refractivity contribution in [3.63, 3.8) is 0 Å². The average Bonchev–Trinajstić information content (AvgIpc) is 3.32. The molecule has 4 atom stereocenters. The van der Waals surface area contributed by atoms with Gasteiger partial charge in [0.25, 0.3) is 0 Å². The van der Waals surface area contributed by atoms with Crippen LogP contribution in [0.25, 0.3) is 0 Å². The number of amides is 2. The van der Waals surface area contributed by atoms with Crippen LogP contribution in [0.3, 0.4) is 0 Å². The molecule has 9 heteroatoms. The Morgan fingerprint density at radius 2 is 1.84 bits per heavy atom. The van der Waals surface area contributed by atoms with Crippen molar-refractivity contribution in [1.29, 1.82) is 0 Å². The van der Waals surface area contributed by atoms with Gasteiger partial charge in [0, 0.05) is 24.4 Å². The summed E-state index contributed by atoms with van der Waals surface area (Å²) in [6.45, 7) is 7.66. The average molecular weight is 519 g/mol. The molecule has 1 saturated heterocycles. The highest BCUT2D eigenvalue weighted by Gasteiger charge is 2.48. The van der Waals surface area contributed by atoms with E-state index in [0.29, 0.717) is 19.4 Å². The van der Waals surface area contributed by atoms with Crippen LogP contribution in [0.4, 0.5) is 0 Å². The van der Waals surface area contributed by atoms with Gasteiger partial charge in [-0.3, -0.25) is 14.4 Å². The summed E-state index contributed by atoms with van der Waals surface area (Å²) in [4.78, 5) is 39.0. The second-order valence-electron chi connectivity index (χ2n) is 12.3. The largest absolute Gasteiger partial charge is 0.481 e. The predicted molar refractivity (Wildman–Crippen MR) is 135 cm³/mol. The van der Waals surface area contributed by atoms with Gasteiger partial charge in [-0.25, -0.2) is 0 Å². The molecule has 2 heterocycles. The van der Waals surface area contributed by atoms with E-state index in [1.807, 2.05) is 26.0 Å². The Morgan fingerprint density at radius 3 is 2.46 bits per heavy atom. The summed E-state index contributed by atoms with van der Waals surface area (Å²) >= 11 is 0. The van der Waals surface area contributed by atoms with Crippen molar-refractivity contribution in [2.75, 3.05) is 13.2 Å². The van der Waals surface area contributed by atoms with Gasteiger partial charge in [-0.2, -0.15) is 0 Å². The number of aliphatic carboxylic acids is 1. The van der Waals surface area contributed by atoms with Crippen molar-refractivity contribution in [2.24, 2.45) is 22.7 Å². The maximum atomic E-state index is 13.5. The second kappa shape index (κ2) is 10.8. The molecule has 2 unspecified atom stereocenters. The number of hydrogen-bond donors (Lipinski definition) is 3. The van der Waals surface area contributed by atoms with Gasteiger partial charge in [0.15, 0.2) is 5.79 Å². The normalized spacial score (nSPS) is 28.9. The van der Waals surface area contributed by atoms with Gasteiger partial charge in [0.05, 0.1) is 24.2 Å². The molecule has 3 fully saturated rings. The summed E-state index contributed by atoms with van der Waals surface area (Å²) in [6, 6.07) is 3.48. The number of furan rings is 1. The lowest BCUT2D eigenvalue weighted by atomic mass is 9.65. The van der Waals surface area contributed by atoms with Gasteiger partial charge in [-0.1, -0.05) is 33.1 Å². The molecule has 0 bridgehead atoms. The van der Waals surface area contributed by atoms with E-state index in [1.54, 1.807) is 20.1 Å². The molecule has 4 rings (SSSR count). The third-order valence-corrected chi connectivity index (χ3v) is 8.49. The van der Waals surface area contributed by atoms with Crippen molar-refractivity contribution in [3.05, 3.63) is 24.2 Å². The predicted octanol–water partition coefficient (Wildman–Crippen LogP) is 3.66. The van der Waals surface area contributed by atoms with Crippen molar-refractivity contribution in [1.82, 2.24) is 10.6 Å². The van der Waals surface area contributed by atoms with Crippen molar-refractivity contribution in [3.8, 4) is 0 Å². The van der Waals surface area contributed by atoms with Gasteiger partial charge in [0.1, 0.15) is 11.9 Å². The molecule has 0 aromatic carbocycles. The minimum atomic E-state index is -0.965. The van der Waals surface area contributed by atoms with E-state index in [0.717, 1.165) is 44.3 Å². The Balaban J connectivity index is 1.42. The molecule has 2 saturated carbocycles. The Bertz CT molecular complexity index is 967. The van der Waals surface area contributed by atoms with Crippen LogP contribution in [-0.2, 0) is 30.3 Å². The number of ether oxygens (including phenoxy) is 2. The highest BCUT2D eigenvalue weighted by Crippen LogP contribution is 2.45. The first-order valence-electron chi connectivity index (χ1n) is 13.6. The number of rotatable bonds is 9. The standard InChI is InChI=1S/C28H42N2O7/c1-26(2)17-36-27(3,4)37-22(26)23(31)29-16-20(24(32)33)19-10-5-6-11-21(19)30-25(34)28(12-8-13-28)15-18-9-7-14-35-18/h7,9,14,19-22H,5-6,8,10-13,15-17H2,1-4H3,(H,29,31)(H,30,34)(H,32,33)/t19-,20?,21-,22?/m0/s1. The Labute approximate surface area is 219 Å². The summed E-state index contributed by atoms with van der Waals surface area (Å²) < 4.78 is 17.1. The number of carbonyl (C=O) groups excluding carboxylic acids is 2. The molecule has 1 aromatic heterocycles. The number of nitrogens with one attached hydrogen (secondary N) is 2. The fourth-order valence-electron chi connectivity index (χ4n) is 6.02. The minimum Gasteiger partial charge on any atom is -0.481 e. The number of hydrogen-bond acceptors (Lipinski definition) is 6. The third kappa shape index (κ3) is 6.20. The number of carboxylic acids is 1. The minimum absolute atomic E-state index is 0.0139. The summed E-state index contributed by atoms with van der Waals surface area (Å²) in [6.07, 6.45) is 7.26. The fourth-order valence-corrected chi connectivity index (χ4v) is 6.02. The molecule has 1 aliphatic heterocycles. The topological polar surface area (TPSA) is 127 Å². The molecule has 0 spiro atoms. The molecular formula is C28H42N2O7. The zero-order chi connectivity index (χ0) is 26.8. The summed E-state index contributed by atoms with van der Waals surface area (Å²) in [7, 11) is 0. The van der Waals surface area contributed by atoms with E-state index in [4.69, 9.17) is 13.9 Å². The lowest BCUT2D eigenvalue weighted by Crippen LogP contribution is -2.58. The Hall–Kier alpha value is -2.39. The smallest absolute Gasteiger partial charge is 0.308 e. The zero-order valence-corrected chi connectivity index (χ0v) is 22.5. The lowest BCUT2D eigenvalue weighted by Gasteiger charge is -2.45. The van der Waals surface area contributed by atoms with Crippen LogP contribution in [-0.4, -0.2) is 54.0 Å². The highest BCUT2D eigenvalue weighted by atomic mass is 16.7. The van der Waals surface area contributed by atoms with E-state index in [-0.39, 0.29) is 30.3 Å². The quantitative estimate of drug-likeness (QED) is 0.455. The number of carbonyl (C=O) groups is 3. The molecular weight excluding hydrogens is 476 g/mol.